The lowest BCUT2D eigenvalue weighted by Gasteiger charge is -2.17. The van der Waals surface area contributed by atoms with Gasteiger partial charge in [-0.1, -0.05) is 12.1 Å². The summed E-state index contributed by atoms with van der Waals surface area (Å²) in [5, 5.41) is 19.3. The van der Waals surface area contributed by atoms with E-state index in [-0.39, 0.29) is 43.2 Å². The SMILES string of the molecule is N=C(N)c1ccc(CC(=O)C(=O)O)c(OCCNC(=O)c2ccc(N=C(N)N)cc2OC2CCCC2)c1. The number of ether oxygens (including phenoxy) is 2. The molecule has 0 radical (unpaired) electrons. The molecule has 0 aliphatic heterocycles. The molecule has 0 unspecified atom stereocenters. The number of amidine groups is 1. The molecule has 0 heterocycles. The summed E-state index contributed by atoms with van der Waals surface area (Å²) in [5.41, 5.74) is 17.9. The summed E-state index contributed by atoms with van der Waals surface area (Å²) >= 11 is 0. The number of hydrogen-bond acceptors (Lipinski definition) is 7. The molecule has 2 aromatic rings. The molecule has 1 saturated carbocycles. The second-order valence-electron chi connectivity index (χ2n) is 8.49. The first-order valence-electron chi connectivity index (χ1n) is 11.7. The molecule has 0 spiro atoms. The number of benzene rings is 2. The smallest absolute Gasteiger partial charge is 0.372 e. The van der Waals surface area contributed by atoms with Gasteiger partial charge in [-0.3, -0.25) is 15.0 Å². The van der Waals surface area contributed by atoms with Gasteiger partial charge in [0.25, 0.3) is 5.91 Å². The van der Waals surface area contributed by atoms with Gasteiger partial charge in [-0.15, -0.1) is 0 Å². The Morgan fingerprint density at radius 2 is 1.78 bits per heavy atom. The average molecular weight is 511 g/mol. The van der Waals surface area contributed by atoms with E-state index in [2.05, 4.69) is 10.3 Å². The van der Waals surface area contributed by atoms with Gasteiger partial charge in [0.2, 0.25) is 5.78 Å². The zero-order chi connectivity index (χ0) is 26.9. The molecular weight excluding hydrogens is 480 g/mol. The first-order valence-corrected chi connectivity index (χ1v) is 11.7. The van der Waals surface area contributed by atoms with Crippen molar-refractivity contribution < 1.29 is 29.0 Å². The van der Waals surface area contributed by atoms with Crippen LogP contribution in [0.5, 0.6) is 11.5 Å². The molecule has 1 aliphatic rings. The van der Waals surface area contributed by atoms with Crippen molar-refractivity contribution in [2.45, 2.75) is 38.2 Å². The highest BCUT2D eigenvalue weighted by Gasteiger charge is 2.21. The summed E-state index contributed by atoms with van der Waals surface area (Å²) in [4.78, 5) is 39.6. The van der Waals surface area contributed by atoms with Crippen LogP contribution in [0.25, 0.3) is 0 Å². The number of nitrogen functional groups attached to an aromatic ring is 1. The second-order valence-corrected chi connectivity index (χ2v) is 8.49. The number of Topliss-reactive ketones (excluding diaryl/α,β-unsaturated/α-hetero) is 1. The van der Waals surface area contributed by atoms with Crippen molar-refractivity contribution in [3.05, 3.63) is 53.1 Å². The van der Waals surface area contributed by atoms with E-state index in [1.165, 1.54) is 18.2 Å². The number of carboxylic acid groups (broad SMARTS) is 1. The molecule has 2 aromatic carbocycles. The van der Waals surface area contributed by atoms with E-state index >= 15 is 0 Å². The van der Waals surface area contributed by atoms with E-state index in [1.807, 2.05) is 0 Å². The lowest BCUT2D eigenvalue weighted by Crippen LogP contribution is -2.29. The number of hydrogen-bond donors (Lipinski definition) is 6. The van der Waals surface area contributed by atoms with Crippen LogP contribution in [0.4, 0.5) is 5.69 Å². The van der Waals surface area contributed by atoms with Crippen LogP contribution in [0.15, 0.2) is 41.4 Å². The van der Waals surface area contributed by atoms with Gasteiger partial charge in [0.15, 0.2) is 5.96 Å². The van der Waals surface area contributed by atoms with E-state index in [4.69, 9.17) is 37.2 Å². The maximum Gasteiger partial charge on any atom is 0.372 e. The summed E-state index contributed by atoms with van der Waals surface area (Å²) in [7, 11) is 0. The zero-order valence-electron chi connectivity index (χ0n) is 20.2. The summed E-state index contributed by atoms with van der Waals surface area (Å²) < 4.78 is 11.8. The second kappa shape index (κ2) is 12.4. The Labute approximate surface area is 213 Å². The number of guanidine groups is 1. The zero-order valence-corrected chi connectivity index (χ0v) is 20.2. The van der Waals surface area contributed by atoms with Crippen molar-refractivity contribution >= 4 is 35.1 Å². The van der Waals surface area contributed by atoms with Gasteiger partial charge in [0, 0.05) is 23.6 Å². The Kier molecular flexibility index (Phi) is 9.03. The Morgan fingerprint density at radius 3 is 2.43 bits per heavy atom. The molecular formula is C25H30N6O6. The molecule has 0 aromatic heterocycles. The lowest BCUT2D eigenvalue weighted by molar-refractivity contribution is -0.148. The molecule has 0 saturated heterocycles. The molecule has 37 heavy (non-hydrogen) atoms. The fourth-order valence-electron chi connectivity index (χ4n) is 3.87. The van der Waals surface area contributed by atoms with Gasteiger partial charge < -0.3 is 37.1 Å². The number of ketones is 1. The predicted octanol–water partition coefficient (Wildman–Crippen LogP) is 1.20. The molecule has 12 nitrogen and oxygen atoms in total. The molecule has 0 bridgehead atoms. The number of carboxylic acids is 1. The number of nitrogens with two attached hydrogens (primary N) is 3. The average Bonchev–Trinajstić information content (AvgIpc) is 3.35. The molecule has 1 fully saturated rings. The number of carbonyl (C=O) groups excluding carboxylic acids is 2. The van der Waals surface area contributed by atoms with Crippen molar-refractivity contribution in [3.63, 3.8) is 0 Å². The Morgan fingerprint density at radius 1 is 1.05 bits per heavy atom. The summed E-state index contributed by atoms with van der Waals surface area (Å²) in [6.45, 7) is 0.0975. The highest BCUT2D eigenvalue weighted by atomic mass is 16.5. The van der Waals surface area contributed by atoms with Crippen molar-refractivity contribution in [3.8, 4) is 11.5 Å². The maximum atomic E-state index is 12.9. The van der Waals surface area contributed by atoms with Crippen LogP contribution in [0.2, 0.25) is 0 Å². The predicted molar refractivity (Wildman–Crippen MR) is 136 cm³/mol. The van der Waals surface area contributed by atoms with Crippen molar-refractivity contribution in [2.24, 2.45) is 22.2 Å². The summed E-state index contributed by atoms with van der Waals surface area (Å²) in [5.74, 6) is -2.72. The lowest BCUT2D eigenvalue weighted by atomic mass is 10.0. The van der Waals surface area contributed by atoms with Crippen LogP contribution in [0.1, 0.15) is 47.2 Å². The van der Waals surface area contributed by atoms with Gasteiger partial charge in [0.05, 0.1) is 23.9 Å². The molecule has 12 heteroatoms. The third-order valence-corrected chi connectivity index (χ3v) is 5.68. The van der Waals surface area contributed by atoms with E-state index < -0.39 is 17.7 Å². The van der Waals surface area contributed by atoms with Crippen LogP contribution in [0.3, 0.4) is 0 Å². The highest BCUT2D eigenvalue weighted by molar-refractivity contribution is 6.33. The molecule has 1 aliphatic carbocycles. The van der Waals surface area contributed by atoms with Crippen LogP contribution >= 0.6 is 0 Å². The third kappa shape index (κ3) is 7.69. The molecule has 1 amide bonds. The minimum absolute atomic E-state index is 0.00447. The Balaban J connectivity index is 1.68. The first kappa shape index (κ1) is 27.0. The van der Waals surface area contributed by atoms with Crippen molar-refractivity contribution in [1.82, 2.24) is 5.32 Å². The van der Waals surface area contributed by atoms with Gasteiger partial charge in [-0.25, -0.2) is 9.79 Å². The van der Waals surface area contributed by atoms with Gasteiger partial charge in [-0.05, 0) is 43.9 Å². The van der Waals surface area contributed by atoms with Gasteiger partial charge in [0.1, 0.15) is 23.9 Å². The Hall–Kier alpha value is -4.61. The fourth-order valence-corrected chi connectivity index (χ4v) is 3.87. The van der Waals surface area contributed by atoms with Gasteiger partial charge in [-0.2, -0.15) is 0 Å². The molecule has 3 rings (SSSR count). The normalized spacial score (nSPS) is 13.0. The number of rotatable bonds is 12. The summed E-state index contributed by atoms with van der Waals surface area (Å²) in [6, 6.07) is 9.22. The number of aliphatic imine (C=N–C) groups is 1. The van der Waals surface area contributed by atoms with E-state index in [9.17, 15) is 14.4 Å². The molecule has 0 atom stereocenters. The minimum atomic E-state index is -1.56. The van der Waals surface area contributed by atoms with E-state index in [0.717, 1.165) is 25.7 Å². The number of amides is 1. The first-order chi connectivity index (χ1) is 17.6. The van der Waals surface area contributed by atoms with Gasteiger partial charge >= 0.3 is 5.97 Å². The van der Waals surface area contributed by atoms with Crippen LogP contribution in [-0.4, -0.2) is 53.8 Å². The van der Waals surface area contributed by atoms with Crippen molar-refractivity contribution in [2.75, 3.05) is 13.2 Å². The summed E-state index contributed by atoms with van der Waals surface area (Å²) in [6.07, 6.45) is 3.52. The molecule has 196 valence electrons. The largest absolute Gasteiger partial charge is 0.491 e. The maximum absolute atomic E-state index is 12.9. The van der Waals surface area contributed by atoms with Crippen LogP contribution in [-0.2, 0) is 16.0 Å². The van der Waals surface area contributed by atoms with E-state index in [1.54, 1.807) is 18.2 Å². The monoisotopic (exact) mass is 510 g/mol. The molecule has 9 N–H and O–H groups in total. The van der Waals surface area contributed by atoms with Crippen LogP contribution in [0, 0.1) is 5.41 Å². The fraction of sp³-hybridized carbons (Fsp3) is 0.320. The number of nitrogens with zero attached hydrogens (tertiary/aromatic N) is 1. The topological polar surface area (TPSA) is 216 Å². The standard InChI is InChI=1S/C25H30N6O6/c26-22(27)15-6-5-14(11-19(32)24(34)35)20(12-15)36-10-9-30-23(33)18-8-7-16(31-25(28)29)13-21(18)37-17-3-1-2-4-17/h5-8,12-13,17H,1-4,9-11H2,(H3,26,27)(H,30,33)(H,34,35)(H4,28,29,31). The minimum Gasteiger partial charge on any atom is -0.491 e. The highest BCUT2D eigenvalue weighted by Crippen LogP contribution is 2.30. The Bertz CT molecular complexity index is 1220. The van der Waals surface area contributed by atoms with Crippen LogP contribution < -0.4 is 32.0 Å². The van der Waals surface area contributed by atoms with Crippen molar-refractivity contribution in [1.29, 1.82) is 5.41 Å². The number of aliphatic carboxylic acids is 1. The third-order valence-electron chi connectivity index (χ3n) is 5.68. The van der Waals surface area contributed by atoms with E-state index in [0.29, 0.717) is 28.1 Å². The number of carbonyl (C=O) groups is 3. The quantitative estimate of drug-likeness (QED) is 0.104. The number of nitrogens with one attached hydrogen (secondary N) is 2.